The molecule has 288 valence electrons. The zero-order valence-electron chi connectivity index (χ0n) is 30.1. The Morgan fingerprint density at radius 3 is 1.94 bits per heavy atom. The van der Waals surface area contributed by atoms with Gasteiger partial charge in [0.05, 0.1) is 17.0 Å². The van der Waals surface area contributed by atoms with Crippen LogP contribution in [0, 0.1) is 5.92 Å². The lowest BCUT2D eigenvalue weighted by Crippen LogP contribution is -2.96. The third-order valence-electron chi connectivity index (χ3n) is 9.05. The SMILES string of the molecule is CC(=O)O[C@@H]1[C@@H]2O[C@@]3(OC(=O)c4ccccc4)O[C@H]([C@@H]4[C@@H](O)N=C(NC(=O)OC(C)(C)C)N[C@]41[C@@H]3OC(C)=O)[C@]2(COC(=O)c1ccccc1)OC(C)=O. The molecule has 3 N–H and O–H groups in total. The summed E-state index contributed by atoms with van der Waals surface area (Å²) in [7, 11) is 0. The summed E-state index contributed by atoms with van der Waals surface area (Å²) >= 11 is 0. The van der Waals surface area contributed by atoms with Crippen molar-refractivity contribution >= 4 is 41.9 Å². The van der Waals surface area contributed by atoms with Crippen LogP contribution in [0.25, 0.3) is 0 Å². The van der Waals surface area contributed by atoms with E-state index in [9.17, 15) is 33.9 Å². The number of aliphatic hydroxyl groups is 1. The normalized spacial score (nSPS) is 31.7. The lowest BCUT2D eigenvalue weighted by Gasteiger charge is -2.72. The lowest BCUT2D eigenvalue weighted by atomic mass is 9.54. The van der Waals surface area contributed by atoms with E-state index in [0.717, 1.165) is 20.8 Å². The molecule has 2 aromatic rings. The summed E-state index contributed by atoms with van der Waals surface area (Å²) in [4.78, 5) is 83.1. The Hall–Kier alpha value is -5.59. The first-order valence-corrected chi connectivity index (χ1v) is 16.8. The summed E-state index contributed by atoms with van der Waals surface area (Å²) in [6.45, 7) is 7.14. The van der Waals surface area contributed by atoms with Gasteiger partial charge in [0.25, 0.3) is 0 Å². The van der Waals surface area contributed by atoms with Gasteiger partial charge in [0.1, 0.15) is 30.0 Å². The van der Waals surface area contributed by atoms with Gasteiger partial charge in [0.2, 0.25) is 17.7 Å². The van der Waals surface area contributed by atoms with E-state index in [4.69, 9.17) is 37.9 Å². The third kappa shape index (κ3) is 6.83. The number of guanidine groups is 1. The second kappa shape index (κ2) is 14.0. The van der Waals surface area contributed by atoms with Crippen LogP contribution in [-0.2, 0) is 52.3 Å². The van der Waals surface area contributed by atoms with Crippen molar-refractivity contribution in [1.82, 2.24) is 10.6 Å². The Morgan fingerprint density at radius 1 is 0.815 bits per heavy atom. The molecule has 0 aromatic heterocycles. The highest BCUT2D eigenvalue weighted by molar-refractivity contribution is 5.95. The van der Waals surface area contributed by atoms with E-state index in [1.807, 2.05) is 0 Å². The summed E-state index contributed by atoms with van der Waals surface area (Å²) in [5, 5.41) is 17.3. The summed E-state index contributed by atoms with van der Waals surface area (Å²) in [5.74, 6) is -9.46. The molecule has 9 atom stereocenters. The molecule has 54 heavy (non-hydrogen) atoms. The zero-order chi connectivity index (χ0) is 39.2. The molecule has 1 aliphatic carbocycles. The summed E-state index contributed by atoms with van der Waals surface area (Å²) in [6, 6.07) is 15.5. The van der Waals surface area contributed by atoms with Crippen LogP contribution in [0.1, 0.15) is 62.3 Å². The maximum atomic E-state index is 13.8. The third-order valence-corrected chi connectivity index (χ3v) is 9.05. The number of nitrogens with one attached hydrogen (secondary N) is 2. The summed E-state index contributed by atoms with van der Waals surface area (Å²) < 4.78 is 47.4. The van der Waals surface area contributed by atoms with E-state index >= 15 is 0 Å². The fraction of sp³-hybridized carbons (Fsp3) is 0.472. The predicted octanol–water partition coefficient (Wildman–Crippen LogP) is 1.49. The monoisotopic (exact) mass is 753 g/mol. The molecule has 4 bridgehead atoms. The van der Waals surface area contributed by atoms with Crippen LogP contribution in [0.3, 0.4) is 0 Å². The smallest absolute Gasteiger partial charge is 0.414 e. The number of aliphatic hydroxyl groups excluding tert-OH is 1. The number of hydrogen-bond acceptors (Lipinski definition) is 17. The van der Waals surface area contributed by atoms with E-state index in [-0.39, 0.29) is 11.1 Å². The molecule has 2 aromatic carbocycles. The molecule has 1 saturated carbocycles. The van der Waals surface area contributed by atoms with Gasteiger partial charge in [0.15, 0.2) is 12.3 Å². The Morgan fingerprint density at radius 2 is 1.39 bits per heavy atom. The maximum absolute atomic E-state index is 13.8. The zero-order valence-corrected chi connectivity index (χ0v) is 30.1. The number of ether oxygens (including phenoxy) is 8. The minimum Gasteiger partial charge on any atom is -0.458 e. The van der Waals surface area contributed by atoms with Crippen LogP contribution in [0.5, 0.6) is 0 Å². The van der Waals surface area contributed by atoms with Crippen molar-refractivity contribution in [3.05, 3.63) is 71.8 Å². The van der Waals surface area contributed by atoms with Crippen LogP contribution in [0.4, 0.5) is 4.79 Å². The highest BCUT2D eigenvalue weighted by Gasteiger charge is 2.88. The van der Waals surface area contributed by atoms with Gasteiger partial charge in [0, 0.05) is 20.8 Å². The van der Waals surface area contributed by atoms with Gasteiger partial charge in [-0.2, -0.15) is 0 Å². The van der Waals surface area contributed by atoms with Gasteiger partial charge in [-0.15, -0.1) is 0 Å². The molecule has 0 unspecified atom stereocenters. The lowest BCUT2D eigenvalue weighted by molar-refractivity contribution is -0.542. The Balaban J connectivity index is 1.55. The Labute approximate surface area is 308 Å². The molecule has 18 nitrogen and oxygen atoms in total. The molecule has 18 heteroatoms. The standard InChI is InChI=1S/C36H39N3O15/c1-18(40)48-26-25-34(50-20(3)42,17-47-28(44)21-13-9-7-10-14-21)24-23-27(43)37-31(38-32(46)54-33(4,5)6)39-35(23,26)30(49-19(2)41)36(51-24,52-25)53-29(45)22-15-11-8-12-16-22/h7-16,23-27,30,43H,17H2,1-6H3,(H2,37,38,39,46)/t23-,24-,25+,26-,27-,30+,34+,35-,36+/m1/s1. The van der Waals surface area contributed by atoms with Crippen molar-refractivity contribution in [1.29, 1.82) is 0 Å². The van der Waals surface area contributed by atoms with Crippen molar-refractivity contribution in [2.24, 2.45) is 10.9 Å². The number of alkyl carbamates (subject to hydrolysis) is 1. The van der Waals surface area contributed by atoms with Gasteiger partial charge in [-0.3, -0.25) is 19.7 Å². The van der Waals surface area contributed by atoms with E-state index < -0.39 is 108 Å². The summed E-state index contributed by atoms with van der Waals surface area (Å²) in [5.41, 5.74) is -5.25. The molecule has 0 radical (unpaired) electrons. The first-order chi connectivity index (χ1) is 25.4. The Bertz CT molecular complexity index is 1870. The first kappa shape index (κ1) is 38.1. The van der Waals surface area contributed by atoms with Crippen LogP contribution in [0.2, 0.25) is 0 Å². The fourth-order valence-corrected chi connectivity index (χ4v) is 7.36. The highest BCUT2D eigenvalue weighted by atomic mass is 16.9. The van der Waals surface area contributed by atoms with Gasteiger partial charge in [-0.25, -0.2) is 19.4 Å². The molecule has 3 saturated heterocycles. The second-order valence-electron chi connectivity index (χ2n) is 14.0. The van der Waals surface area contributed by atoms with Crippen molar-refractivity contribution in [3.8, 4) is 0 Å². The minimum atomic E-state index is -2.73. The van der Waals surface area contributed by atoms with Crippen LogP contribution < -0.4 is 10.6 Å². The minimum absolute atomic E-state index is 0.0149. The predicted molar refractivity (Wildman–Crippen MR) is 179 cm³/mol. The maximum Gasteiger partial charge on any atom is 0.414 e. The van der Waals surface area contributed by atoms with E-state index in [0.29, 0.717) is 0 Å². The molecular formula is C36H39N3O15. The fourth-order valence-electron chi connectivity index (χ4n) is 7.36. The van der Waals surface area contributed by atoms with Crippen molar-refractivity contribution < 1.29 is 71.8 Å². The number of rotatable bonds is 8. The van der Waals surface area contributed by atoms with Gasteiger partial charge in [-0.1, -0.05) is 36.4 Å². The number of aliphatic imine (C=N–C) groups is 1. The van der Waals surface area contributed by atoms with Crippen molar-refractivity contribution in [2.75, 3.05) is 6.61 Å². The molecule has 4 heterocycles. The van der Waals surface area contributed by atoms with E-state index in [2.05, 4.69) is 15.6 Å². The molecule has 4 aliphatic heterocycles. The second-order valence-corrected chi connectivity index (χ2v) is 14.0. The largest absolute Gasteiger partial charge is 0.458 e. The molecule has 1 amide bonds. The molecule has 7 rings (SSSR count). The topological polar surface area (TPSA) is 233 Å². The number of carbonyl (C=O) groups is 6. The number of esters is 5. The molecular weight excluding hydrogens is 714 g/mol. The molecule has 1 spiro atoms. The molecule has 5 aliphatic rings. The number of nitrogens with zero attached hydrogens (tertiary/aromatic N) is 1. The van der Waals surface area contributed by atoms with Gasteiger partial charge in [-0.05, 0) is 45.0 Å². The molecule has 4 fully saturated rings. The number of hydrogen-bond donors (Lipinski definition) is 3. The summed E-state index contributed by atoms with van der Waals surface area (Å²) in [6.07, 6.45) is -10.1. The van der Waals surface area contributed by atoms with E-state index in [1.54, 1.807) is 57.2 Å². The number of amides is 1. The van der Waals surface area contributed by atoms with Crippen molar-refractivity contribution in [2.45, 2.75) is 94.9 Å². The average Bonchev–Trinajstić information content (AvgIpc) is 3.07. The van der Waals surface area contributed by atoms with E-state index in [1.165, 1.54) is 24.3 Å². The van der Waals surface area contributed by atoms with Crippen molar-refractivity contribution in [3.63, 3.8) is 0 Å². The quantitative estimate of drug-likeness (QED) is 0.256. The van der Waals surface area contributed by atoms with Crippen LogP contribution >= 0.6 is 0 Å². The van der Waals surface area contributed by atoms with Gasteiger partial charge < -0.3 is 48.3 Å². The highest BCUT2D eigenvalue weighted by Crippen LogP contribution is 2.62. The first-order valence-electron chi connectivity index (χ1n) is 16.8. The Kier molecular flexibility index (Phi) is 9.89. The number of carbonyl (C=O) groups excluding carboxylic acids is 6. The average molecular weight is 754 g/mol. The van der Waals surface area contributed by atoms with Crippen LogP contribution in [0.15, 0.2) is 65.7 Å². The van der Waals surface area contributed by atoms with Crippen LogP contribution in [-0.4, -0.2) is 107 Å². The number of benzene rings is 2. The van der Waals surface area contributed by atoms with Gasteiger partial charge >= 0.3 is 41.9 Å².